The fourth-order valence-electron chi connectivity index (χ4n) is 4.71. The summed E-state index contributed by atoms with van der Waals surface area (Å²) < 4.78 is 11.3. The first-order chi connectivity index (χ1) is 16.6. The molecule has 34 heavy (non-hydrogen) atoms. The van der Waals surface area contributed by atoms with Crippen LogP contribution < -0.4 is 4.74 Å². The molecule has 2 unspecified atom stereocenters. The molecule has 9 nitrogen and oxygen atoms in total. The third kappa shape index (κ3) is 3.99. The zero-order chi connectivity index (χ0) is 23.5. The summed E-state index contributed by atoms with van der Waals surface area (Å²) in [5.41, 5.74) is 0.763. The number of methoxy groups -OCH3 is 1. The Morgan fingerprint density at radius 1 is 1.15 bits per heavy atom. The second-order valence-electron chi connectivity index (χ2n) is 8.42. The Labute approximate surface area is 197 Å². The van der Waals surface area contributed by atoms with Crippen molar-refractivity contribution in [2.24, 2.45) is 0 Å². The lowest BCUT2D eigenvalue weighted by atomic mass is 9.83. The molecule has 2 amide bonds. The molecule has 1 spiro atoms. The maximum Gasteiger partial charge on any atom is 0.291 e. The average molecular weight is 460 g/mol. The topological polar surface area (TPSA) is 97.7 Å². The molecule has 0 N–H and O–H groups in total. The molecule has 0 aliphatic carbocycles. The van der Waals surface area contributed by atoms with Gasteiger partial charge in [-0.2, -0.15) is 0 Å². The molecule has 174 valence electrons. The van der Waals surface area contributed by atoms with Gasteiger partial charge in [0.25, 0.3) is 11.8 Å². The van der Waals surface area contributed by atoms with Crippen LogP contribution in [0.4, 0.5) is 0 Å². The fraction of sp³-hybridized carbons (Fsp3) is 0.320. The summed E-state index contributed by atoms with van der Waals surface area (Å²) in [7, 11) is 1.51. The van der Waals surface area contributed by atoms with Crippen molar-refractivity contribution in [1.29, 1.82) is 0 Å². The maximum atomic E-state index is 13.9. The van der Waals surface area contributed by atoms with E-state index in [-0.39, 0.29) is 36.7 Å². The van der Waals surface area contributed by atoms with Gasteiger partial charge in [-0.05, 0) is 17.2 Å². The molecule has 5 rings (SSSR count). The van der Waals surface area contributed by atoms with Crippen molar-refractivity contribution < 1.29 is 19.1 Å². The third-order valence-corrected chi connectivity index (χ3v) is 6.40. The van der Waals surface area contributed by atoms with E-state index in [2.05, 4.69) is 15.0 Å². The number of likely N-dealkylation sites (tertiary alicyclic amines) is 1. The van der Waals surface area contributed by atoms with E-state index in [4.69, 9.17) is 9.47 Å². The monoisotopic (exact) mass is 459 g/mol. The van der Waals surface area contributed by atoms with E-state index >= 15 is 0 Å². The van der Waals surface area contributed by atoms with Crippen LogP contribution in [0.1, 0.15) is 27.7 Å². The summed E-state index contributed by atoms with van der Waals surface area (Å²) in [5, 5.41) is 0. The molecule has 2 fully saturated rings. The van der Waals surface area contributed by atoms with E-state index in [0.29, 0.717) is 25.4 Å². The summed E-state index contributed by atoms with van der Waals surface area (Å²) in [6, 6.07) is 13.7. The summed E-state index contributed by atoms with van der Waals surface area (Å²) >= 11 is 0. The Kier molecular flexibility index (Phi) is 5.93. The summed E-state index contributed by atoms with van der Waals surface area (Å²) in [4.78, 5) is 42.9. The van der Waals surface area contributed by atoms with Crippen molar-refractivity contribution in [1.82, 2.24) is 24.8 Å². The number of carbonyl (C=O) groups excluding carboxylic acids is 2. The number of morpholine rings is 1. The third-order valence-electron chi connectivity index (χ3n) is 6.40. The first-order valence-electron chi connectivity index (χ1n) is 11.1. The minimum Gasteiger partial charge on any atom is -0.494 e. The Balaban J connectivity index is 1.45. The molecule has 2 aromatic heterocycles. The molecule has 3 aromatic rings. The molecule has 2 aliphatic heterocycles. The SMILES string of the molecule is COc1cnc(C(=O)N2CCOC3(C2)C(=O)N(Cc2cccnc2)CC3c2ccccc2)nc1. The first kappa shape index (κ1) is 22.0. The zero-order valence-electron chi connectivity index (χ0n) is 18.8. The number of rotatable bonds is 5. The lowest BCUT2D eigenvalue weighted by Gasteiger charge is -2.41. The Bertz CT molecular complexity index is 1160. The van der Waals surface area contributed by atoms with Gasteiger partial charge in [-0.15, -0.1) is 0 Å². The molecule has 2 atom stereocenters. The van der Waals surface area contributed by atoms with Gasteiger partial charge >= 0.3 is 0 Å². The van der Waals surface area contributed by atoms with Crippen molar-refractivity contribution in [3.63, 3.8) is 0 Å². The highest BCUT2D eigenvalue weighted by atomic mass is 16.5. The van der Waals surface area contributed by atoms with Crippen LogP contribution >= 0.6 is 0 Å². The maximum absolute atomic E-state index is 13.9. The van der Waals surface area contributed by atoms with Crippen LogP contribution in [-0.4, -0.2) is 75.5 Å². The highest BCUT2D eigenvalue weighted by Crippen LogP contribution is 2.42. The van der Waals surface area contributed by atoms with E-state index in [0.717, 1.165) is 11.1 Å². The molecule has 9 heteroatoms. The lowest BCUT2D eigenvalue weighted by molar-refractivity contribution is -0.160. The van der Waals surface area contributed by atoms with Crippen LogP contribution in [0.3, 0.4) is 0 Å². The second kappa shape index (κ2) is 9.18. The number of hydrogen-bond acceptors (Lipinski definition) is 7. The van der Waals surface area contributed by atoms with Gasteiger partial charge in [-0.1, -0.05) is 36.4 Å². The number of amides is 2. The Morgan fingerprint density at radius 3 is 2.65 bits per heavy atom. The molecule has 0 saturated carbocycles. The van der Waals surface area contributed by atoms with Crippen LogP contribution in [-0.2, 0) is 16.1 Å². The van der Waals surface area contributed by atoms with Gasteiger partial charge in [-0.25, -0.2) is 9.97 Å². The molecule has 2 aliphatic rings. The smallest absolute Gasteiger partial charge is 0.291 e. The highest BCUT2D eigenvalue weighted by Gasteiger charge is 2.58. The predicted molar refractivity (Wildman–Crippen MR) is 122 cm³/mol. The molecule has 1 aromatic carbocycles. The predicted octanol–water partition coefficient (Wildman–Crippen LogP) is 1.92. The molecular weight excluding hydrogens is 434 g/mol. The van der Waals surface area contributed by atoms with Gasteiger partial charge < -0.3 is 19.3 Å². The summed E-state index contributed by atoms with van der Waals surface area (Å²) in [6.45, 7) is 1.64. The first-order valence-corrected chi connectivity index (χ1v) is 11.1. The van der Waals surface area contributed by atoms with Crippen molar-refractivity contribution >= 4 is 11.8 Å². The minimum absolute atomic E-state index is 0.0618. The Hall–Kier alpha value is -3.85. The van der Waals surface area contributed by atoms with E-state index in [1.54, 1.807) is 22.2 Å². The minimum atomic E-state index is -1.18. The van der Waals surface area contributed by atoms with Crippen LogP contribution in [0.25, 0.3) is 0 Å². The number of nitrogens with zero attached hydrogens (tertiary/aromatic N) is 5. The Morgan fingerprint density at radius 2 is 1.94 bits per heavy atom. The number of hydrogen-bond donors (Lipinski definition) is 0. The van der Waals surface area contributed by atoms with Crippen molar-refractivity contribution in [3.8, 4) is 5.75 Å². The average Bonchev–Trinajstić information content (AvgIpc) is 3.15. The normalized spacial score (nSPS) is 22.3. The van der Waals surface area contributed by atoms with Gasteiger partial charge in [0, 0.05) is 37.9 Å². The molecule has 0 bridgehead atoms. The largest absolute Gasteiger partial charge is 0.494 e. The summed E-state index contributed by atoms with van der Waals surface area (Å²) in [6.07, 6.45) is 6.38. The zero-order valence-corrected chi connectivity index (χ0v) is 18.8. The van der Waals surface area contributed by atoms with E-state index in [1.165, 1.54) is 19.5 Å². The van der Waals surface area contributed by atoms with Gasteiger partial charge in [-0.3, -0.25) is 14.6 Å². The number of ether oxygens (including phenoxy) is 2. The van der Waals surface area contributed by atoms with E-state index in [9.17, 15) is 9.59 Å². The van der Waals surface area contributed by atoms with Gasteiger partial charge in [0.1, 0.15) is 0 Å². The van der Waals surface area contributed by atoms with Gasteiger partial charge in [0.2, 0.25) is 5.82 Å². The number of aromatic nitrogens is 3. The van der Waals surface area contributed by atoms with E-state index < -0.39 is 5.60 Å². The van der Waals surface area contributed by atoms with E-state index in [1.807, 2.05) is 42.5 Å². The molecular formula is C25H25N5O4. The number of benzene rings is 1. The fourth-order valence-corrected chi connectivity index (χ4v) is 4.71. The van der Waals surface area contributed by atoms with Crippen LogP contribution in [0, 0.1) is 0 Å². The molecule has 0 radical (unpaired) electrons. The summed E-state index contributed by atoms with van der Waals surface area (Å²) in [5.74, 6) is -0.165. The van der Waals surface area contributed by atoms with Crippen molar-refractivity contribution in [2.75, 3.05) is 33.4 Å². The standard InChI is InChI=1S/C25H25N5O4/c1-33-20-13-27-22(28-14-20)23(31)29-10-11-34-25(17-29)21(19-7-3-2-4-8-19)16-30(24(25)32)15-18-6-5-9-26-12-18/h2-9,12-14,21H,10-11,15-17H2,1H3. The number of pyridine rings is 1. The number of carbonyl (C=O) groups is 2. The molecule has 2 saturated heterocycles. The quantitative estimate of drug-likeness (QED) is 0.575. The van der Waals surface area contributed by atoms with Gasteiger partial charge in [0.05, 0.1) is 32.7 Å². The van der Waals surface area contributed by atoms with Crippen LogP contribution in [0.2, 0.25) is 0 Å². The second-order valence-corrected chi connectivity index (χ2v) is 8.42. The molecule has 4 heterocycles. The van der Waals surface area contributed by atoms with Crippen molar-refractivity contribution in [3.05, 3.63) is 84.2 Å². The van der Waals surface area contributed by atoms with Crippen LogP contribution in [0.15, 0.2) is 67.3 Å². The van der Waals surface area contributed by atoms with Gasteiger partial charge in [0.15, 0.2) is 11.4 Å². The van der Waals surface area contributed by atoms with Crippen molar-refractivity contribution in [2.45, 2.75) is 18.1 Å². The highest BCUT2D eigenvalue weighted by molar-refractivity contribution is 5.93. The lowest BCUT2D eigenvalue weighted by Crippen LogP contribution is -2.59. The van der Waals surface area contributed by atoms with Crippen LogP contribution in [0.5, 0.6) is 5.75 Å².